The van der Waals surface area contributed by atoms with E-state index in [0.29, 0.717) is 0 Å². The van der Waals surface area contributed by atoms with E-state index >= 15 is 0 Å². The molecule has 0 saturated carbocycles. The van der Waals surface area contributed by atoms with Gasteiger partial charge in [-0.3, -0.25) is 4.79 Å². The first-order valence-electron chi connectivity index (χ1n) is 5.09. The molecule has 2 heteroatoms. The minimum absolute atomic E-state index is 0.107. The molecule has 0 bridgehead atoms. The van der Waals surface area contributed by atoms with E-state index in [1.54, 1.807) is 0 Å². The number of carbonyl (C=O) groups is 1. The largest absolute Gasteiger partial charge is 0.481 e. The van der Waals surface area contributed by atoms with Crippen LogP contribution in [0.5, 0.6) is 0 Å². The van der Waals surface area contributed by atoms with Crippen LogP contribution in [0.15, 0.2) is 29.8 Å². The van der Waals surface area contributed by atoms with Crippen LogP contribution >= 0.6 is 0 Å². The smallest absolute Gasteiger partial charge is 0.307 e. The van der Waals surface area contributed by atoms with Crippen molar-refractivity contribution in [3.05, 3.63) is 41.0 Å². The SMILES string of the molecule is CCc1ccc(C=C(C)CC(=O)O)cc1. The van der Waals surface area contributed by atoms with Gasteiger partial charge >= 0.3 is 5.97 Å². The van der Waals surface area contributed by atoms with Crippen molar-refractivity contribution in [3.8, 4) is 0 Å². The van der Waals surface area contributed by atoms with E-state index in [-0.39, 0.29) is 6.42 Å². The molecular formula is C13H16O2. The Morgan fingerprint density at radius 2 is 1.93 bits per heavy atom. The topological polar surface area (TPSA) is 37.3 Å². The number of aryl methyl sites for hydroxylation is 1. The second-order valence-corrected chi connectivity index (χ2v) is 3.66. The van der Waals surface area contributed by atoms with Crippen molar-refractivity contribution in [3.63, 3.8) is 0 Å². The minimum atomic E-state index is -0.783. The summed E-state index contributed by atoms with van der Waals surface area (Å²) in [5.41, 5.74) is 3.22. The van der Waals surface area contributed by atoms with Crippen LogP contribution in [-0.2, 0) is 11.2 Å². The van der Waals surface area contributed by atoms with Crippen molar-refractivity contribution in [2.24, 2.45) is 0 Å². The van der Waals surface area contributed by atoms with Crippen molar-refractivity contribution >= 4 is 12.0 Å². The fraction of sp³-hybridized carbons (Fsp3) is 0.308. The molecule has 0 amide bonds. The number of carboxylic acids is 1. The van der Waals surface area contributed by atoms with Crippen LogP contribution < -0.4 is 0 Å². The molecule has 15 heavy (non-hydrogen) atoms. The van der Waals surface area contributed by atoms with E-state index in [1.807, 2.05) is 25.1 Å². The Morgan fingerprint density at radius 3 is 2.40 bits per heavy atom. The van der Waals surface area contributed by atoms with E-state index in [0.717, 1.165) is 17.6 Å². The number of carboxylic acid groups (broad SMARTS) is 1. The first kappa shape index (κ1) is 11.5. The summed E-state index contributed by atoms with van der Waals surface area (Å²) in [6.45, 7) is 3.95. The molecule has 0 aliphatic rings. The predicted molar refractivity (Wildman–Crippen MR) is 61.7 cm³/mol. The Kier molecular flexibility index (Phi) is 4.10. The van der Waals surface area contributed by atoms with Gasteiger partial charge in [0.15, 0.2) is 0 Å². The van der Waals surface area contributed by atoms with Crippen LogP contribution in [0.1, 0.15) is 31.4 Å². The molecule has 2 nitrogen and oxygen atoms in total. The van der Waals surface area contributed by atoms with Crippen LogP contribution in [-0.4, -0.2) is 11.1 Å². The summed E-state index contributed by atoms with van der Waals surface area (Å²) in [7, 11) is 0. The van der Waals surface area contributed by atoms with Gasteiger partial charge in [0.25, 0.3) is 0 Å². The van der Waals surface area contributed by atoms with Gasteiger partial charge in [-0.05, 0) is 24.5 Å². The molecule has 0 atom stereocenters. The molecule has 0 aliphatic heterocycles. The lowest BCUT2D eigenvalue weighted by atomic mass is 10.1. The lowest BCUT2D eigenvalue weighted by molar-refractivity contribution is -0.136. The second kappa shape index (κ2) is 5.35. The summed E-state index contributed by atoms with van der Waals surface area (Å²) in [6, 6.07) is 8.17. The Hall–Kier alpha value is -1.57. The average Bonchev–Trinajstić information content (AvgIpc) is 2.17. The average molecular weight is 204 g/mol. The molecule has 1 N–H and O–H groups in total. The van der Waals surface area contributed by atoms with E-state index in [9.17, 15) is 4.79 Å². The molecule has 0 heterocycles. The van der Waals surface area contributed by atoms with E-state index in [2.05, 4.69) is 19.1 Å². The highest BCUT2D eigenvalue weighted by molar-refractivity contribution is 5.72. The van der Waals surface area contributed by atoms with Gasteiger partial charge in [-0.1, -0.05) is 42.8 Å². The molecular weight excluding hydrogens is 188 g/mol. The van der Waals surface area contributed by atoms with Gasteiger partial charge in [-0.15, -0.1) is 0 Å². The normalized spacial score (nSPS) is 11.5. The number of benzene rings is 1. The van der Waals surface area contributed by atoms with Crippen molar-refractivity contribution < 1.29 is 9.90 Å². The minimum Gasteiger partial charge on any atom is -0.481 e. The van der Waals surface area contributed by atoms with E-state index in [1.165, 1.54) is 5.56 Å². The molecule has 1 rings (SSSR count). The number of aliphatic carboxylic acids is 1. The molecule has 1 aromatic rings. The maximum atomic E-state index is 10.5. The second-order valence-electron chi connectivity index (χ2n) is 3.66. The fourth-order valence-corrected chi connectivity index (χ4v) is 1.42. The van der Waals surface area contributed by atoms with Gasteiger partial charge in [0.1, 0.15) is 0 Å². The number of rotatable bonds is 4. The summed E-state index contributed by atoms with van der Waals surface area (Å²) in [5, 5.41) is 8.60. The Bertz CT molecular complexity index is 361. The third-order valence-electron chi connectivity index (χ3n) is 2.23. The fourth-order valence-electron chi connectivity index (χ4n) is 1.42. The Labute approximate surface area is 90.3 Å². The zero-order chi connectivity index (χ0) is 11.3. The lowest BCUT2D eigenvalue weighted by Gasteiger charge is -1.99. The predicted octanol–water partition coefficient (Wildman–Crippen LogP) is 3.13. The van der Waals surface area contributed by atoms with Gasteiger partial charge < -0.3 is 5.11 Å². The van der Waals surface area contributed by atoms with E-state index in [4.69, 9.17) is 5.11 Å². The molecule has 0 spiro atoms. The molecule has 1 aromatic carbocycles. The quantitative estimate of drug-likeness (QED) is 0.818. The summed E-state index contributed by atoms with van der Waals surface area (Å²) < 4.78 is 0. The van der Waals surface area contributed by atoms with Gasteiger partial charge in [0, 0.05) is 0 Å². The molecule has 0 saturated heterocycles. The van der Waals surface area contributed by atoms with Crippen LogP contribution in [0.4, 0.5) is 0 Å². The molecule has 80 valence electrons. The molecule has 0 aromatic heterocycles. The standard InChI is InChI=1S/C13H16O2/c1-3-11-4-6-12(7-5-11)8-10(2)9-13(14)15/h4-8H,3,9H2,1-2H3,(H,14,15). The Balaban J connectivity index is 2.75. The molecule has 0 fully saturated rings. The number of hydrogen-bond donors (Lipinski definition) is 1. The maximum Gasteiger partial charge on any atom is 0.307 e. The van der Waals surface area contributed by atoms with Gasteiger partial charge in [-0.25, -0.2) is 0 Å². The first-order valence-corrected chi connectivity index (χ1v) is 5.09. The third-order valence-corrected chi connectivity index (χ3v) is 2.23. The van der Waals surface area contributed by atoms with Crippen LogP contribution in [0, 0.1) is 0 Å². The van der Waals surface area contributed by atoms with Crippen molar-refractivity contribution in [2.75, 3.05) is 0 Å². The molecule has 0 unspecified atom stereocenters. The van der Waals surface area contributed by atoms with Gasteiger partial charge in [0.05, 0.1) is 6.42 Å². The highest BCUT2D eigenvalue weighted by atomic mass is 16.4. The van der Waals surface area contributed by atoms with Crippen LogP contribution in [0.3, 0.4) is 0 Å². The van der Waals surface area contributed by atoms with Crippen LogP contribution in [0.2, 0.25) is 0 Å². The molecule has 0 aliphatic carbocycles. The maximum absolute atomic E-state index is 10.5. The Morgan fingerprint density at radius 1 is 1.33 bits per heavy atom. The van der Waals surface area contributed by atoms with Crippen LogP contribution in [0.25, 0.3) is 6.08 Å². The number of hydrogen-bond acceptors (Lipinski definition) is 1. The van der Waals surface area contributed by atoms with Gasteiger partial charge in [-0.2, -0.15) is 0 Å². The van der Waals surface area contributed by atoms with E-state index < -0.39 is 5.97 Å². The van der Waals surface area contributed by atoms with Crippen molar-refractivity contribution in [1.29, 1.82) is 0 Å². The highest BCUT2D eigenvalue weighted by Crippen LogP contribution is 2.11. The van der Waals surface area contributed by atoms with Gasteiger partial charge in [0.2, 0.25) is 0 Å². The van der Waals surface area contributed by atoms with Crippen molar-refractivity contribution in [2.45, 2.75) is 26.7 Å². The summed E-state index contributed by atoms with van der Waals surface area (Å²) in [5.74, 6) is -0.783. The highest BCUT2D eigenvalue weighted by Gasteiger charge is 1.98. The zero-order valence-corrected chi connectivity index (χ0v) is 9.16. The summed E-state index contributed by atoms with van der Waals surface area (Å²) in [4.78, 5) is 10.5. The summed E-state index contributed by atoms with van der Waals surface area (Å²) >= 11 is 0. The first-order chi connectivity index (χ1) is 7.11. The lowest BCUT2D eigenvalue weighted by Crippen LogP contribution is -1.94. The van der Waals surface area contributed by atoms with Crippen molar-refractivity contribution in [1.82, 2.24) is 0 Å². The third kappa shape index (κ3) is 3.98. The molecule has 0 radical (unpaired) electrons. The zero-order valence-electron chi connectivity index (χ0n) is 9.16. The summed E-state index contributed by atoms with van der Waals surface area (Å²) in [6.07, 6.45) is 3.04. The monoisotopic (exact) mass is 204 g/mol.